The summed E-state index contributed by atoms with van der Waals surface area (Å²) in [7, 11) is 0. The van der Waals surface area contributed by atoms with Crippen molar-refractivity contribution in [1.29, 1.82) is 0 Å². The van der Waals surface area contributed by atoms with Gasteiger partial charge in [0.15, 0.2) is 0 Å². The van der Waals surface area contributed by atoms with Crippen LogP contribution in [-0.4, -0.2) is 23.0 Å². The summed E-state index contributed by atoms with van der Waals surface area (Å²) in [6, 6.07) is 15.7. The van der Waals surface area contributed by atoms with Gasteiger partial charge in [-0.3, -0.25) is 9.59 Å². The number of nitrogens with two attached hydrogens (primary N) is 1. The van der Waals surface area contributed by atoms with E-state index in [1.54, 1.807) is 36.4 Å². The third-order valence-corrected chi connectivity index (χ3v) is 5.24. The normalized spacial score (nSPS) is 20.3. The Morgan fingerprint density at radius 1 is 1.07 bits per heavy atom. The first-order chi connectivity index (χ1) is 14.2. The fraction of sp³-hybridized carbons (Fsp3) is 0.261. The van der Waals surface area contributed by atoms with Gasteiger partial charge in [-0.15, -0.1) is 0 Å². The van der Waals surface area contributed by atoms with Crippen molar-refractivity contribution >= 4 is 17.8 Å². The van der Waals surface area contributed by atoms with Crippen molar-refractivity contribution in [1.82, 2.24) is 0 Å². The van der Waals surface area contributed by atoms with E-state index in [-0.39, 0.29) is 5.92 Å². The molecule has 2 aromatic carbocycles. The number of benzene rings is 2. The molecule has 3 atom stereocenters. The summed E-state index contributed by atoms with van der Waals surface area (Å²) in [5, 5.41) is 8.81. The number of allylic oxidation sites excluding steroid dienone is 1. The molecule has 7 nitrogen and oxygen atoms in total. The molecule has 3 rings (SSSR count). The molecular formula is C23H23NO6. The number of rotatable bonds is 8. The van der Waals surface area contributed by atoms with E-state index in [4.69, 9.17) is 20.3 Å². The average molecular weight is 409 g/mol. The summed E-state index contributed by atoms with van der Waals surface area (Å²) in [6.45, 7) is 3.67. The molecule has 0 aliphatic heterocycles. The van der Waals surface area contributed by atoms with Crippen molar-refractivity contribution < 1.29 is 29.0 Å². The molecule has 2 aromatic rings. The summed E-state index contributed by atoms with van der Waals surface area (Å²) in [5.41, 5.74) is 5.41. The largest absolute Gasteiger partial charge is 0.478 e. The zero-order chi connectivity index (χ0) is 21.9. The highest BCUT2D eigenvalue weighted by molar-refractivity contribution is 5.86. The summed E-state index contributed by atoms with van der Waals surface area (Å²) >= 11 is 0. The van der Waals surface area contributed by atoms with Gasteiger partial charge in [0.05, 0.1) is 5.92 Å². The van der Waals surface area contributed by atoms with Gasteiger partial charge in [-0.2, -0.15) is 0 Å². The topological polar surface area (TPSA) is 116 Å². The standard InChI is InChI=1S/C23H23NO6/c1-23(2)17(11-12-18(25)26)19(23)22(28)30-20(21(24)27)14-7-6-10-16(13-14)29-15-8-4-3-5-9-15/h3-13,17,19-20H,1-2H3,(H2,24,27)(H,25,26)/b12-11-. The Morgan fingerprint density at radius 3 is 2.37 bits per heavy atom. The molecule has 0 saturated heterocycles. The molecular weight excluding hydrogens is 386 g/mol. The van der Waals surface area contributed by atoms with Gasteiger partial charge in [0, 0.05) is 11.6 Å². The maximum atomic E-state index is 12.7. The highest BCUT2D eigenvalue weighted by atomic mass is 16.5. The number of para-hydroxylation sites is 1. The van der Waals surface area contributed by atoms with Crippen LogP contribution in [0.4, 0.5) is 0 Å². The number of carboxylic acids is 1. The van der Waals surface area contributed by atoms with Gasteiger partial charge >= 0.3 is 11.9 Å². The molecule has 1 amide bonds. The lowest BCUT2D eigenvalue weighted by Gasteiger charge is -2.16. The minimum atomic E-state index is -1.28. The number of aliphatic carboxylic acids is 1. The number of carboxylic acid groups (broad SMARTS) is 1. The van der Waals surface area contributed by atoms with Gasteiger partial charge in [-0.05, 0) is 35.6 Å². The van der Waals surface area contributed by atoms with Crippen molar-refractivity contribution in [2.75, 3.05) is 0 Å². The van der Waals surface area contributed by atoms with E-state index in [0.29, 0.717) is 17.1 Å². The lowest BCUT2D eigenvalue weighted by atomic mass is 10.1. The number of hydrogen-bond acceptors (Lipinski definition) is 5. The number of esters is 1. The average Bonchev–Trinajstić information content (AvgIpc) is 3.25. The lowest BCUT2D eigenvalue weighted by molar-refractivity contribution is -0.157. The fourth-order valence-electron chi connectivity index (χ4n) is 3.52. The minimum Gasteiger partial charge on any atom is -0.478 e. The van der Waals surface area contributed by atoms with Crippen molar-refractivity contribution in [2.45, 2.75) is 20.0 Å². The number of carbonyl (C=O) groups is 3. The van der Waals surface area contributed by atoms with Crippen LogP contribution in [0.3, 0.4) is 0 Å². The molecule has 0 aromatic heterocycles. The number of carbonyl (C=O) groups excluding carboxylic acids is 2. The number of ether oxygens (including phenoxy) is 2. The first kappa shape index (κ1) is 21.1. The van der Waals surface area contributed by atoms with Crippen molar-refractivity contribution in [3.05, 3.63) is 72.3 Å². The second-order valence-corrected chi connectivity index (χ2v) is 7.73. The lowest BCUT2D eigenvalue weighted by Crippen LogP contribution is -2.27. The van der Waals surface area contributed by atoms with Gasteiger partial charge in [0.25, 0.3) is 5.91 Å². The van der Waals surface area contributed by atoms with Crippen LogP contribution < -0.4 is 10.5 Å². The van der Waals surface area contributed by atoms with Crippen LogP contribution in [0.25, 0.3) is 0 Å². The molecule has 30 heavy (non-hydrogen) atoms. The van der Waals surface area contributed by atoms with Crippen LogP contribution in [0.1, 0.15) is 25.5 Å². The SMILES string of the molecule is CC1(C)C(/C=C\C(=O)O)C1C(=O)OC(C(N)=O)c1cccc(Oc2ccccc2)c1. The van der Waals surface area contributed by atoms with E-state index in [9.17, 15) is 14.4 Å². The number of amides is 1. The van der Waals surface area contributed by atoms with Crippen LogP contribution in [0.2, 0.25) is 0 Å². The van der Waals surface area contributed by atoms with E-state index in [1.165, 1.54) is 6.08 Å². The Labute approximate surface area is 174 Å². The Bertz CT molecular complexity index is 982. The first-order valence-electron chi connectivity index (χ1n) is 9.44. The molecule has 0 bridgehead atoms. The maximum Gasteiger partial charge on any atom is 0.327 e. The van der Waals surface area contributed by atoms with Crippen molar-refractivity contribution in [2.24, 2.45) is 23.0 Å². The van der Waals surface area contributed by atoms with E-state index >= 15 is 0 Å². The second-order valence-electron chi connectivity index (χ2n) is 7.73. The third kappa shape index (κ3) is 4.68. The Morgan fingerprint density at radius 2 is 1.73 bits per heavy atom. The molecule has 0 radical (unpaired) electrons. The maximum absolute atomic E-state index is 12.7. The van der Waals surface area contributed by atoms with Gasteiger partial charge in [0.1, 0.15) is 11.5 Å². The third-order valence-electron chi connectivity index (χ3n) is 5.24. The van der Waals surface area contributed by atoms with Crippen molar-refractivity contribution in [3.63, 3.8) is 0 Å². The van der Waals surface area contributed by atoms with Gasteiger partial charge in [-0.1, -0.05) is 50.3 Å². The zero-order valence-corrected chi connectivity index (χ0v) is 16.6. The van der Waals surface area contributed by atoms with Crippen LogP contribution in [0.15, 0.2) is 66.7 Å². The molecule has 1 aliphatic rings. The highest BCUT2D eigenvalue weighted by Gasteiger charge is 2.61. The molecule has 1 saturated carbocycles. The Kier molecular flexibility index (Phi) is 5.91. The summed E-state index contributed by atoms with van der Waals surface area (Å²) in [5.74, 6) is -2.25. The monoisotopic (exact) mass is 409 g/mol. The molecule has 3 N–H and O–H groups in total. The minimum absolute atomic E-state index is 0.289. The molecule has 1 aliphatic carbocycles. The molecule has 156 valence electrons. The molecule has 3 unspecified atom stereocenters. The van der Waals surface area contributed by atoms with E-state index in [0.717, 1.165) is 6.08 Å². The van der Waals surface area contributed by atoms with Crippen molar-refractivity contribution in [3.8, 4) is 11.5 Å². The smallest absolute Gasteiger partial charge is 0.327 e. The van der Waals surface area contributed by atoms with Gasteiger partial charge < -0.3 is 20.3 Å². The zero-order valence-electron chi connectivity index (χ0n) is 16.6. The fourth-order valence-corrected chi connectivity index (χ4v) is 3.52. The van der Waals surface area contributed by atoms with Crippen LogP contribution in [0.5, 0.6) is 11.5 Å². The molecule has 1 fully saturated rings. The molecule has 0 spiro atoms. The molecule has 7 heteroatoms. The Hall–Kier alpha value is -3.61. The quantitative estimate of drug-likeness (QED) is 0.509. The summed E-state index contributed by atoms with van der Waals surface area (Å²) < 4.78 is 11.2. The van der Waals surface area contributed by atoms with Crippen LogP contribution >= 0.6 is 0 Å². The van der Waals surface area contributed by atoms with E-state index < -0.39 is 35.3 Å². The summed E-state index contributed by atoms with van der Waals surface area (Å²) in [6.07, 6.45) is 1.20. The highest BCUT2D eigenvalue weighted by Crippen LogP contribution is 2.59. The Balaban J connectivity index is 1.75. The second kappa shape index (κ2) is 8.41. The van der Waals surface area contributed by atoms with Gasteiger partial charge in [0.2, 0.25) is 6.10 Å². The van der Waals surface area contributed by atoms with Gasteiger partial charge in [-0.25, -0.2) is 4.79 Å². The van der Waals surface area contributed by atoms with Crippen LogP contribution in [0, 0.1) is 17.3 Å². The predicted octanol–water partition coefficient (Wildman–Crippen LogP) is 3.46. The van der Waals surface area contributed by atoms with E-state index in [2.05, 4.69) is 0 Å². The van der Waals surface area contributed by atoms with Crippen LogP contribution in [-0.2, 0) is 19.1 Å². The number of hydrogen-bond donors (Lipinski definition) is 2. The number of primary amides is 1. The predicted molar refractivity (Wildman–Crippen MR) is 109 cm³/mol. The molecule has 0 heterocycles. The van der Waals surface area contributed by atoms with E-state index in [1.807, 2.05) is 32.0 Å². The summed E-state index contributed by atoms with van der Waals surface area (Å²) in [4.78, 5) is 35.5. The first-order valence-corrected chi connectivity index (χ1v) is 9.44.